The van der Waals surface area contributed by atoms with Gasteiger partial charge in [0.2, 0.25) is 5.89 Å². The zero-order valence-corrected chi connectivity index (χ0v) is 9.84. The van der Waals surface area contributed by atoms with E-state index < -0.39 is 0 Å². The van der Waals surface area contributed by atoms with Crippen LogP contribution in [-0.4, -0.2) is 9.97 Å². The standard InChI is InChI=1S/C15H12N2O/c1-2-12(9-16-7-1)15-17-13-8-11(10-3-4-10)5-6-14(13)18-15/h1-2,5-10H,3-4H2. The Balaban J connectivity index is 1.83. The Morgan fingerprint density at radius 3 is 2.89 bits per heavy atom. The van der Waals surface area contributed by atoms with Crippen molar-refractivity contribution in [3.63, 3.8) is 0 Å². The van der Waals surface area contributed by atoms with E-state index in [1.54, 1.807) is 12.4 Å². The van der Waals surface area contributed by atoms with Crippen molar-refractivity contribution < 1.29 is 4.42 Å². The molecule has 0 N–H and O–H groups in total. The smallest absolute Gasteiger partial charge is 0.228 e. The topological polar surface area (TPSA) is 38.9 Å². The molecule has 2 aromatic heterocycles. The van der Waals surface area contributed by atoms with Crippen molar-refractivity contribution in [3.8, 4) is 11.5 Å². The lowest BCUT2D eigenvalue weighted by molar-refractivity contribution is 0.619. The van der Waals surface area contributed by atoms with E-state index in [0.29, 0.717) is 5.89 Å². The third kappa shape index (κ3) is 1.59. The molecule has 1 aliphatic rings. The van der Waals surface area contributed by atoms with Crippen LogP contribution in [0.5, 0.6) is 0 Å². The zero-order chi connectivity index (χ0) is 11.9. The molecule has 0 bridgehead atoms. The van der Waals surface area contributed by atoms with E-state index in [9.17, 15) is 0 Å². The molecule has 4 rings (SSSR count). The number of hydrogen-bond acceptors (Lipinski definition) is 3. The average Bonchev–Trinajstić information content (AvgIpc) is 3.18. The zero-order valence-electron chi connectivity index (χ0n) is 9.84. The fourth-order valence-corrected chi connectivity index (χ4v) is 2.23. The van der Waals surface area contributed by atoms with Crippen LogP contribution in [0.15, 0.2) is 47.1 Å². The summed E-state index contributed by atoms with van der Waals surface area (Å²) in [4.78, 5) is 8.63. The Morgan fingerprint density at radius 2 is 2.11 bits per heavy atom. The van der Waals surface area contributed by atoms with Crippen molar-refractivity contribution in [1.29, 1.82) is 0 Å². The first-order valence-electron chi connectivity index (χ1n) is 6.21. The lowest BCUT2D eigenvalue weighted by Crippen LogP contribution is -1.79. The molecule has 1 saturated carbocycles. The Labute approximate surface area is 104 Å². The molecule has 0 aliphatic heterocycles. The van der Waals surface area contributed by atoms with E-state index in [1.807, 2.05) is 18.2 Å². The minimum atomic E-state index is 0.644. The molecule has 0 radical (unpaired) electrons. The van der Waals surface area contributed by atoms with Gasteiger partial charge in [-0.3, -0.25) is 4.98 Å². The van der Waals surface area contributed by atoms with Gasteiger partial charge in [0.1, 0.15) is 5.52 Å². The molecular formula is C15H12N2O. The molecule has 88 valence electrons. The monoisotopic (exact) mass is 236 g/mol. The van der Waals surface area contributed by atoms with Gasteiger partial charge in [-0.05, 0) is 48.6 Å². The third-order valence-corrected chi connectivity index (χ3v) is 3.37. The normalized spacial score (nSPS) is 15.1. The number of rotatable bonds is 2. The van der Waals surface area contributed by atoms with E-state index in [4.69, 9.17) is 4.42 Å². The van der Waals surface area contributed by atoms with Crippen LogP contribution in [0.3, 0.4) is 0 Å². The van der Waals surface area contributed by atoms with E-state index in [0.717, 1.165) is 22.6 Å². The van der Waals surface area contributed by atoms with E-state index >= 15 is 0 Å². The van der Waals surface area contributed by atoms with E-state index in [1.165, 1.54) is 18.4 Å². The predicted molar refractivity (Wildman–Crippen MR) is 69.2 cm³/mol. The summed E-state index contributed by atoms with van der Waals surface area (Å²) in [5.74, 6) is 1.39. The molecule has 3 aromatic rings. The number of hydrogen-bond donors (Lipinski definition) is 0. The van der Waals surface area contributed by atoms with E-state index in [-0.39, 0.29) is 0 Å². The Morgan fingerprint density at radius 1 is 1.17 bits per heavy atom. The summed E-state index contributed by atoms with van der Waals surface area (Å²) in [5.41, 5.74) is 4.09. The van der Waals surface area contributed by atoms with Crippen LogP contribution in [0.1, 0.15) is 24.3 Å². The number of aromatic nitrogens is 2. The van der Waals surface area contributed by atoms with Crippen LogP contribution in [0.4, 0.5) is 0 Å². The van der Waals surface area contributed by atoms with Gasteiger partial charge in [-0.15, -0.1) is 0 Å². The van der Waals surface area contributed by atoms with Gasteiger partial charge in [-0.1, -0.05) is 6.07 Å². The maximum Gasteiger partial charge on any atom is 0.228 e. The lowest BCUT2D eigenvalue weighted by atomic mass is 10.1. The molecule has 2 heterocycles. The highest BCUT2D eigenvalue weighted by atomic mass is 16.3. The molecule has 1 aliphatic carbocycles. The first kappa shape index (κ1) is 9.83. The third-order valence-electron chi connectivity index (χ3n) is 3.37. The average molecular weight is 236 g/mol. The molecule has 0 amide bonds. The van der Waals surface area contributed by atoms with Crippen LogP contribution in [0.25, 0.3) is 22.6 Å². The number of nitrogens with zero attached hydrogens (tertiary/aromatic N) is 2. The van der Waals surface area contributed by atoms with Gasteiger partial charge in [0.15, 0.2) is 5.58 Å². The Bertz CT molecular complexity index is 699. The lowest BCUT2D eigenvalue weighted by Gasteiger charge is -1.94. The minimum absolute atomic E-state index is 0.644. The predicted octanol–water partition coefficient (Wildman–Crippen LogP) is 3.77. The van der Waals surface area contributed by atoms with Gasteiger partial charge in [0.05, 0.1) is 5.56 Å². The van der Waals surface area contributed by atoms with Gasteiger partial charge in [-0.25, -0.2) is 4.98 Å². The second-order valence-corrected chi connectivity index (χ2v) is 4.76. The van der Waals surface area contributed by atoms with Crippen LogP contribution < -0.4 is 0 Å². The van der Waals surface area contributed by atoms with Gasteiger partial charge in [0, 0.05) is 12.4 Å². The van der Waals surface area contributed by atoms with Crippen LogP contribution in [0.2, 0.25) is 0 Å². The molecule has 0 atom stereocenters. The van der Waals surface area contributed by atoms with Crippen molar-refractivity contribution in [1.82, 2.24) is 9.97 Å². The molecule has 3 heteroatoms. The van der Waals surface area contributed by atoms with Gasteiger partial charge in [0.25, 0.3) is 0 Å². The van der Waals surface area contributed by atoms with Crippen molar-refractivity contribution >= 4 is 11.1 Å². The summed E-state index contributed by atoms with van der Waals surface area (Å²) in [6.07, 6.45) is 6.13. The molecule has 18 heavy (non-hydrogen) atoms. The fourth-order valence-electron chi connectivity index (χ4n) is 2.23. The highest BCUT2D eigenvalue weighted by Gasteiger charge is 2.24. The maximum absolute atomic E-state index is 5.76. The van der Waals surface area contributed by atoms with Crippen molar-refractivity contribution in [2.45, 2.75) is 18.8 Å². The van der Waals surface area contributed by atoms with Crippen molar-refractivity contribution in [2.75, 3.05) is 0 Å². The molecule has 0 spiro atoms. The Kier molecular flexibility index (Phi) is 2.00. The number of oxazole rings is 1. The molecular weight excluding hydrogens is 224 g/mol. The Hall–Kier alpha value is -2.16. The summed E-state index contributed by atoms with van der Waals surface area (Å²) in [7, 11) is 0. The van der Waals surface area contributed by atoms with Crippen LogP contribution in [0, 0.1) is 0 Å². The number of fused-ring (bicyclic) bond motifs is 1. The highest BCUT2D eigenvalue weighted by molar-refractivity contribution is 5.77. The highest BCUT2D eigenvalue weighted by Crippen LogP contribution is 2.41. The van der Waals surface area contributed by atoms with Gasteiger partial charge < -0.3 is 4.42 Å². The summed E-state index contributed by atoms with van der Waals surface area (Å²) in [5, 5.41) is 0. The summed E-state index contributed by atoms with van der Waals surface area (Å²) in [6.45, 7) is 0. The largest absolute Gasteiger partial charge is 0.436 e. The summed E-state index contributed by atoms with van der Waals surface area (Å²) >= 11 is 0. The first-order chi connectivity index (χ1) is 8.90. The molecule has 1 aromatic carbocycles. The van der Waals surface area contributed by atoms with E-state index in [2.05, 4.69) is 22.1 Å². The quantitative estimate of drug-likeness (QED) is 0.680. The SMILES string of the molecule is c1cncc(-c2nc3cc(C4CC4)ccc3o2)c1. The molecule has 0 unspecified atom stereocenters. The maximum atomic E-state index is 5.76. The van der Waals surface area contributed by atoms with Crippen LogP contribution in [-0.2, 0) is 0 Å². The van der Waals surface area contributed by atoms with Crippen molar-refractivity contribution in [3.05, 3.63) is 48.3 Å². The van der Waals surface area contributed by atoms with Gasteiger partial charge in [-0.2, -0.15) is 0 Å². The summed E-state index contributed by atoms with van der Waals surface area (Å²) < 4.78 is 5.76. The van der Waals surface area contributed by atoms with Crippen LogP contribution >= 0.6 is 0 Å². The first-order valence-corrected chi connectivity index (χ1v) is 6.21. The molecule has 3 nitrogen and oxygen atoms in total. The molecule has 1 fully saturated rings. The number of benzene rings is 1. The second kappa shape index (κ2) is 3.67. The fraction of sp³-hybridized carbons (Fsp3) is 0.200. The minimum Gasteiger partial charge on any atom is -0.436 e. The second-order valence-electron chi connectivity index (χ2n) is 4.76. The number of pyridine rings is 1. The molecule has 0 saturated heterocycles. The summed E-state index contributed by atoms with van der Waals surface area (Å²) in [6, 6.07) is 10.2. The van der Waals surface area contributed by atoms with Gasteiger partial charge >= 0.3 is 0 Å². The van der Waals surface area contributed by atoms with Crippen molar-refractivity contribution in [2.24, 2.45) is 0 Å².